The maximum absolute atomic E-state index is 11.0. The highest BCUT2D eigenvalue weighted by Gasteiger charge is 2.13. The van der Waals surface area contributed by atoms with Crippen molar-refractivity contribution in [2.75, 3.05) is 20.3 Å². The Kier molecular flexibility index (Phi) is 8.73. The third-order valence-corrected chi connectivity index (χ3v) is 3.17. The van der Waals surface area contributed by atoms with Gasteiger partial charge in [-0.15, -0.1) is 0 Å². The standard InChI is InChI=1S/C8H13O3.CH3O.CH3.Al/c1-7(2)8(10)11-6-4-3-5-9;1-2;;/h1,3-6H2,2H3;1H3;1H3;/q2*-1;;+2. The highest BCUT2D eigenvalue weighted by atomic mass is 27.2. The van der Waals surface area contributed by atoms with E-state index in [9.17, 15) is 4.79 Å². The molecule has 0 spiro atoms. The topological polar surface area (TPSA) is 44.8 Å². The van der Waals surface area contributed by atoms with Crippen LogP contribution in [-0.4, -0.2) is 41.1 Å². The molecule has 15 heavy (non-hydrogen) atoms. The number of hydrogen-bond donors (Lipinski definition) is 0. The van der Waals surface area contributed by atoms with Gasteiger partial charge in [0.15, 0.2) is 0 Å². The first-order valence-corrected chi connectivity index (χ1v) is 7.14. The van der Waals surface area contributed by atoms with Crippen molar-refractivity contribution in [3.63, 3.8) is 0 Å². The zero-order valence-corrected chi connectivity index (χ0v) is 10.9. The Bertz CT molecular complexity index is 206. The van der Waals surface area contributed by atoms with Crippen LogP contribution in [0.3, 0.4) is 0 Å². The van der Waals surface area contributed by atoms with Crippen molar-refractivity contribution in [1.82, 2.24) is 0 Å². The molecular formula is C10H19AlO4. The van der Waals surface area contributed by atoms with E-state index in [1.54, 1.807) is 14.0 Å². The van der Waals surface area contributed by atoms with Gasteiger partial charge in [-0.3, -0.25) is 0 Å². The molecule has 0 aromatic carbocycles. The molecule has 0 aromatic rings. The molecule has 0 rings (SSSR count). The largest absolute Gasteiger partial charge is 0.670 e. The summed E-state index contributed by atoms with van der Waals surface area (Å²) < 4.78 is 15.4. The Hall–Kier alpha value is -0.338. The van der Waals surface area contributed by atoms with Crippen molar-refractivity contribution in [1.29, 1.82) is 0 Å². The van der Waals surface area contributed by atoms with Gasteiger partial charge in [0.1, 0.15) is 0 Å². The number of carbonyl (C=O) groups is 1. The quantitative estimate of drug-likeness (QED) is 0.275. The van der Waals surface area contributed by atoms with Gasteiger partial charge in [-0.1, -0.05) is 12.4 Å². The highest BCUT2D eigenvalue weighted by Crippen LogP contribution is 1.97. The minimum Gasteiger partial charge on any atom is -0.481 e. The number of rotatable bonds is 8. The lowest BCUT2D eigenvalue weighted by molar-refractivity contribution is -0.139. The molecule has 4 nitrogen and oxygen atoms in total. The highest BCUT2D eigenvalue weighted by molar-refractivity contribution is 6.42. The van der Waals surface area contributed by atoms with Gasteiger partial charge in [0, 0.05) is 19.3 Å². The van der Waals surface area contributed by atoms with E-state index in [-0.39, 0.29) is 5.97 Å². The summed E-state index contributed by atoms with van der Waals surface area (Å²) in [6.45, 7) is 6.23. The van der Waals surface area contributed by atoms with Gasteiger partial charge in [0.25, 0.3) is 0 Å². The van der Waals surface area contributed by atoms with E-state index < -0.39 is 14.8 Å². The van der Waals surface area contributed by atoms with Crippen molar-refractivity contribution < 1.29 is 17.1 Å². The summed E-state index contributed by atoms with van der Waals surface area (Å²) in [5.74, 6) is 1.65. The van der Waals surface area contributed by atoms with Crippen molar-refractivity contribution in [2.24, 2.45) is 0 Å². The molecule has 0 amide bonds. The van der Waals surface area contributed by atoms with Crippen LogP contribution in [0.15, 0.2) is 12.2 Å². The molecule has 0 N–H and O–H groups in total. The fourth-order valence-corrected chi connectivity index (χ4v) is 1.44. The lowest BCUT2D eigenvalue weighted by atomic mass is 10.3. The number of carbonyl (C=O) groups excluding carboxylic acids is 1. The van der Waals surface area contributed by atoms with Crippen LogP contribution in [0, 0.1) is 0 Å². The lowest BCUT2D eigenvalue weighted by Crippen LogP contribution is -2.17. The number of esters is 1. The lowest BCUT2D eigenvalue weighted by Gasteiger charge is -2.07. The van der Waals surface area contributed by atoms with E-state index in [2.05, 4.69) is 6.58 Å². The smallest absolute Gasteiger partial charge is 0.481 e. The average Bonchev–Trinajstić information content (AvgIpc) is 2.22. The Balaban J connectivity index is 3.25. The van der Waals surface area contributed by atoms with Crippen LogP contribution >= 0.6 is 0 Å². The van der Waals surface area contributed by atoms with E-state index in [0.717, 1.165) is 12.8 Å². The van der Waals surface area contributed by atoms with E-state index >= 15 is 0 Å². The molecule has 0 aromatic heterocycles. The predicted octanol–water partition coefficient (Wildman–Crippen LogP) is 1.67. The number of hydrogen-bond acceptors (Lipinski definition) is 4. The molecule has 0 unspecified atom stereocenters. The zero-order valence-electron chi connectivity index (χ0n) is 9.75. The molecule has 0 saturated carbocycles. The summed E-state index contributed by atoms with van der Waals surface area (Å²) in [5, 5.41) is 0. The van der Waals surface area contributed by atoms with Crippen LogP contribution in [0.2, 0.25) is 5.79 Å². The number of unbranched alkanes of at least 4 members (excludes halogenated alkanes) is 1. The maximum Gasteiger partial charge on any atom is 0.670 e. The van der Waals surface area contributed by atoms with Gasteiger partial charge in [-0.25, -0.2) is 4.79 Å². The monoisotopic (exact) mass is 230 g/mol. The first kappa shape index (κ1) is 14.7. The summed E-state index contributed by atoms with van der Waals surface area (Å²) in [7, 11) is 1.66. The van der Waals surface area contributed by atoms with Gasteiger partial charge in [-0.05, 0) is 19.8 Å². The molecule has 0 aliphatic rings. The van der Waals surface area contributed by atoms with Crippen molar-refractivity contribution in [3.8, 4) is 0 Å². The second-order valence-electron chi connectivity index (χ2n) is 3.30. The first-order valence-electron chi connectivity index (χ1n) is 5.05. The van der Waals surface area contributed by atoms with Gasteiger partial charge in [0.2, 0.25) is 0 Å². The summed E-state index contributed by atoms with van der Waals surface area (Å²) in [6.07, 6.45) is 1.69. The fourth-order valence-electron chi connectivity index (χ4n) is 0.810. The van der Waals surface area contributed by atoms with Gasteiger partial charge in [-0.2, -0.15) is 0 Å². The number of ether oxygens (including phenoxy) is 1. The molecular weight excluding hydrogens is 211 g/mol. The second kappa shape index (κ2) is 8.93. The maximum atomic E-state index is 11.0. The molecule has 0 fully saturated rings. The molecule has 0 aliphatic heterocycles. The van der Waals surface area contributed by atoms with E-state index in [1.165, 1.54) is 0 Å². The minimum atomic E-state index is -1.39. The van der Waals surface area contributed by atoms with Crippen LogP contribution in [0.5, 0.6) is 0 Å². The summed E-state index contributed by atoms with van der Waals surface area (Å²) in [5.41, 5.74) is 0.437. The minimum absolute atomic E-state index is 0.324. The molecule has 0 aliphatic carbocycles. The van der Waals surface area contributed by atoms with Crippen LogP contribution < -0.4 is 0 Å². The molecule has 0 heterocycles. The Morgan fingerprint density at radius 1 is 1.33 bits per heavy atom. The van der Waals surface area contributed by atoms with Gasteiger partial charge >= 0.3 is 20.8 Å². The Morgan fingerprint density at radius 3 is 2.47 bits per heavy atom. The van der Waals surface area contributed by atoms with Crippen molar-refractivity contribution in [3.05, 3.63) is 12.2 Å². The predicted molar refractivity (Wildman–Crippen MR) is 59.6 cm³/mol. The average molecular weight is 230 g/mol. The van der Waals surface area contributed by atoms with Gasteiger partial charge in [0.05, 0.1) is 6.61 Å². The summed E-state index contributed by atoms with van der Waals surface area (Å²) in [6, 6.07) is 0. The Labute approximate surface area is 96.3 Å². The molecule has 0 atom stereocenters. The molecule has 0 bridgehead atoms. The summed E-state index contributed by atoms with van der Waals surface area (Å²) >= 11 is -1.39. The second-order valence-corrected chi connectivity index (χ2v) is 5.24. The van der Waals surface area contributed by atoms with Crippen LogP contribution in [0.25, 0.3) is 0 Å². The van der Waals surface area contributed by atoms with Crippen LogP contribution in [-0.2, 0) is 17.1 Å². The zero-order chi connectivity index (χ0) is 11.7. The van der Waals surface area contributed by atoms with E-state index in [1.807, 2.05) is 5.79 Å². The van der Waals surface area contributed by atoms with Crippen molar-refractivity contribution >= 4 is 20.8 Å². The molecule has 86 valence electrons. The SMILES string of the molecule is C=C(C)C(=O)OCCCC[O][Al]([CH3])[O]C. The van der Waals surface area contributed by atoms with Gasteiger partial charge < -0.3 is 12.3 Å². The van der Waals surface area contributed by atoms with E-state index in [0.29, 0.717) is 18.8 Å². The molecule has 5 heteroatoms. The van der Waals surface area contributed by atoms with Crippen molar-refractivity contribution in [2.45, 2.75) is 25.6 Å². The van der Waals surface area contributed by atoms with Crippen LogP contribution in [0.4, 0.5) is 0 Å². The van der Waals surface area contributed by atoms with Crippen LogP contribution in [0.1, 0.15) is 19.8 Å². The molecule has 0 saturated heterocycles. The molecule has 0 radical (unpaired) electrons. The van der Waals surface area contributed by atoms with E-state index in [4.69, 9.17) is 12.3 Å². The normalized spacial score (nSPS) is 9.80. The summed E-state index contributed by atoms with van der Waals surface area (Å²) in [4.78, 5) is 11.0. The first-order chi connectivity index (χ1) is 7.07. The Morgan fingerprint density at radius 2 is 1.93 bits per heavy atom. The third kappa shape index (κ3) is 8.64. The fraction of sp³-hybridized carbons (Fsp3) is 0.700. The third-order valence-electron chi connectivity index (χ3n) is 1.80.